The summed E-state index contributed by atoms with van der Waals surface area (Å²) in [7, 11) is 0. The highest BCUT2D eigenvalue weighted by Gasteiger charge is 2.72. The largest absolute Gasteiger partial charge is 0.359 e. The smallest absolute Gasteiger partial charge is 0.246 e. The zero-order chi connectivity index (χ0) is 28.7. The van der Waals surface area contributed by atoms with Gasteiger partial charge in [-0.15, -0.1) is 0 Å². The van der Waals surface area contributed by atoms with Crippen molar-refractivity contribution in [3.63, 3.8) is 0 Å². The Bertz CT molecular complexity index is 1200. The molecule has 41 heavy (non-hydrogen) atoms. The molecule has 9 heteroatoms. The van der Waals surface area contributed by atoms with Crippen molar-refractivity contribution in [3.05, 3.63) is 41.4 Å². The van der Waals surface area contributed by atoms with Crippen LogP contribution in [0, 0.1) is 23.7 Å². The maximum absolute atomic E-state index is 14.2. The van der Waals surface area contributed by atoms with Crippen LogP contribution in [0.4, 0.5) is 5.69 Å². The van der Waals surface area contributed by atoms with Gasteiger partial charge in [0.25, 0.3) is 0 Å². The highest BCUT2D eigenvalue weighted by molar-refractivity contribution is 6.30. The van der Waals surface area contributed by atoms with Crippen molar-refractivity contribution < 1.29 is 19.1 Å². The molecule has 1 aromatic rings. The number of rotatable bonds is 8. The molecule has 2 bridgehead atoms. The van der Waals surface area contributed by atoms with E-state index < -0.39 is 29.6 Å². The standard InChI is InChI=1S/C32H43ClN4O4/c1-20-9-6-12-24(21(20)2)35-30(39)28-32-14-13-25(41-32)26(29(38)34-23-11-7-10-22(33)19-23)27(32)31(40)37(28)18-8-17-36-15-4-3-5-16-36/h7,10-11,13-14,19-21,24-28H,3-6,8-9,12,15-18H2,1-2H3,(H,34,38)(H,35,39)/t20-,21+,24+,25+,26-,27+,28+,32+/m1/s1. The molecule has 6 rings (SSSR count). The van der Waals surface area contributed by atoms with Crippen LogP contribution < -0.4 is 10.6 Å². The first-order valence-corrected chi connectivity index (χ1v) is 15.9. The molecule has 0 unspecified atom stereocenters. The molecule has 4 fully saturated rings. The molecule has 4 heterocycles. The topological polar surface area (TPSA) is 91.0 Å². The van der Waals surface area contributed by atoms with E-state index >= 15 is 0 Å². The van der Waals surface area contributed by atoms with Crippen LogP contribution in [0.15, 0.2) is 36.4 Å². The first kappa shape index (κ1) is 28.7. The Kier molecular flexibility index (Phi) is 8.18. The van der Waals surface area contributed by atoms with Crippen LogP contribution in [-0.4, -0.2) is 77.5 Å². The van der Waals surface area contributed by atoms with Gasteiger partial charge in [0.2, 0.25) is 17.7 Å². The molecule has 4 aliphatic heterocycles. The van der Waals surface area contributed by atoms with E-state index in [9.17, 15) is 14.4 Å². The van der Waals surface area contributed by atoms with Gasteiger partial charge in [-0.1, -0.05) is 62.9 Å². The predicted octanol–water partition coefficient (Wildman–Crippen LogP) is 4.25. The Morgan fingerprint density at radius 3 is 2.66 bits per heavy atom. The van der Waals surface area contributed by atoms with Gasteiger partial charge >= 0.3 is 0 Å². The van der Waals surface area contributed by atoms with Crippen molar-refractivity contribution in [2.24, 2.45) is 23.7 Å². The number of nitrogens with one attached hydrogen (secondary N) is 2. The number of piperidine rings is 1. The summed E-state index contributed by atoms with van der Waals surface area (Å²) in [4.78, 5) is 46.2. The minimum Gasteiger partial charge on any atom is -0.359 e. The number of halogens is 1. The fourth-order valence-electron chi connectivity index (χ4n) is 7.99. The molecule has 5 aliphatic rings. The molecule has 1 saturated carbocycles. The SMILES string of the molecule is C[C@H]1[C@H](C)CCC[C@@H]1NC(=O)[C@@H]1N(CCCN2CCCCC2)C(=O)[C@@H]2[C@H](C(=O)Nc3cccc(Cl)c3)[C@@H]3C=C[C@]21O3. The highest BCUT2D eigenvalue weighted by atomic mass is 35.5. The minimum absolute atomic E-state index is 0.0662. The number of likely N-dealkylation sites (tertiary alicyclic amines) is 2. The summed E-state index contributed by atoms with van der Waals surface area (Å²) < 4.78 is 6.52. The maximum Gasteiger partial charge on any atom is 0.246 e. The third-order valence-electron chi connectivity index (χ3n) is 10.4. The first-order chi connectivity index (χ1) is 19.8. The minimum atomic E-state index is -1.14. The van der Waals surface area contributed by atoms with E-state index in [-0.39, 0.29) is 23.8 Å². The Morgan fingerprint density at radius 1 is 1.07 bits per heavy atom. The molecule has 1 aliphatic carbocycles. The zero-order valence-electron chi connectivity index (χ0n) is 24.2. The van der Waals surface area contributed by atoms with Crippen molar-refractivity contribution in [3.8, 4) is 0 Å². The normalized spacial score (nSPS) is 36.4. The van der Waals surface area contributed by atoms with Gasteiger partial charge in [-0.3, -0.25) is 14.4 Å². The second-order valence-electron chi connectivity index (χ2n) is 12.9. The van der Waals surface area contributed by atoms with Gasteiger partial charge in [0, 0.05) is 23.3 Å². The summed E-state index contributed by atoms with van der Waals surface area (Å²) in [6.45, 7) is 7.98. The molecule has 0 aromatic heterocycles. The predicted molar refractivity (Wildman–Crippen MR) is 158 cm³/mol. The number of anilines is 1. The van der Waals surface area contributed by atoms with Crippen LogP contribution in [-0.2, 0) is 19.1 Å². The third kappa shape index (κ3) is 5.32. The summed E-state index contributed by atoms with van der Waals surface area (Å²) in [6.07, 6.45) is 10.9. The van der Waals surface area contributed by atoms with Crippen molar-refractivity contribution in [2.75, 3.05) is 31.5 Å². The number of nitrogens with zero attached hydrogens (tertiary/aromatic N) is 2. The summed E-state index contributed by atoms with van der Waals surface area (Å²) >= 11 is 6.14. The first-order valence-electron chi connectivity index (χ1n) is 15.6. The fourth-order valence-corrected chi connectivity index (χ4v) is 8.18. The van der Waals surface area contributed by atoms with Gasteiger partial charge in [0.05, 0.1) is 17.9 Å². The number of carbonyl (C=O) groups excluding carboxylic acids is 3. The quantitative estimate of drug-likeness (QED) is 0.447. The van der Waals surface area contributed by atoms with Crippen molar-refractivity contribution in [1.82, 2.24) is 15.1 Å². The Hall–Kier alpha value is -2.42. The lowest BCUT2D eigenvalue weighted by Crippen LogP contribution is -2.58. The van der Waals surface area contributed by atoms with Crippen LogP contribution in [0.25, 0.3) is 0 Å². The summed E-state index contributed by atoms with van der Waals surface area (Å²) in [5, 5.41) is 6.80. The summed E-state index contributed by atoms with van der Waals surface area (Å²) in [5.74, 6) is -1.18. The molecule has 1 aromatic carbocycles. The Labute approximate surface area is 248 Å². The second-order valence-corrected chi connectivity index (χ2v) is 13.3. The Balaban J connectivity index is 1.25. The maximum atomic E-state index is 14.2. The van der Waals surface area contributed by atoms with E-state index in [0.717, 1.165) is 38.9 Å². The molecule has 222 valence electrons. The summed E-state index contributed by atoms with van der Waals surface area (Å²) in [6, 6.07) is 6.25. The van der Waals surface area contributed by atoms with Gasteiger partial charge in [-0.25, -0.2) is 0 Å². The Morgan fingerprint density at radius 2 is 1.88 bits per heavy atom. The van der Waals surface area contributed by atoms with E-state index in [0.29, 0.717) is 29.1 Å². The fraction of sp³-hybridized carbons (Fsp3) is 0.656. The average molecular weight is 583 g/mol. The number of ether oxygens (including phenoxy) is 1. The van der Waals surface area contributed by atoms with Gasteiger partial charge < -0.3 is 25.2 Å². The van der Waals surface area contributed by atoms with Crippen LogP contribution in [0.3, 0.4) is 0 Å². The molecule has 1 spiro atoms. The second kappa shape index (κ2) is 11.7. The van der Waals surface area contributed by atoms with E-state index in [1.807, 2.05) is 12.2 Å². The van der Waals surface area contributed by atoms with Crippen molar-refractivity contribution in [2.45, 2.75) is 82.6 Å². The number of fused-ring (bicyclic) bond motifs is 1. The molecule has 2 N–H and O–H groups in total. The molecular formula is C32H43ClN4O4. The van der Waals surface area contributed by atoms with Gasteiger partial charge in [0.15, 0.2) is 0 Å². The van der Waals surface area contributed by atoms with Crippen LogP contribution in [0.2, 0.25) is 5.02 Å². The highest BCUT2D eigenvalue weighted by Crippen LogP contribution is 2.55. The monoisotopic (exact) mass is 582 g/mol. The number of carbonyl (C=O) groups is 3. The van der Waals surface area contributed by atoms with E-state index in [1.54, 1.807) is 29.2 Å². The van der Waals surface area contributed by atoms with Crippen molar-refractivity contribution in [1.29, 1.82) is 0 Å². The van der Waals surface area contributed by atoms with Gasteiger partial charge in [-0.2, -0.15) is 0 Å². The molecule has 8 atom stereocenters. The summed E-state index contributed by atoms with van der Waals surface area (Å²) in [5.41, 5.74) is -0.571. The molecule has 8 nitrogen and oxygen atoms in total. The number of benzene rings is 1. The molecule has 0 radical (unpaired) electrons. The van der Waals surface area contributed by atoms with Crippen LogP contribution in [0.5, 0.6) is 0 Å². The average Bonchev–Trinajstić information content (AvgIpc) is 3.59. The van der Waals surface area contributed by atoms with Crippen LogP contribution in [0.1, 0.15) is 58.8 Å². The lowest BCUT2D eigenvalue weighted by Gasteiger charge is -2.38. The van der Waals surface area contributed by atoms with Gasteiger partial charge in [0.1, 0.15) is 11.6 Å². The van der Waals surface area contributed by atoms with E-state index in [2.05, 4.69) is 29.4 Å². The number of hydrogen-bond acceptors (Lipinski definition) is 5. The molecule has 3 amide bonds. The van der Waals surface area contributed by atoms with E-state index in [4.69, 9.17) is 16.3 Å². The lowest BCUT2D eigenvalue weighted by atomic mass is 9.73. The third-order valence-corrected chi connectivity index (χ3v) is 10.6. The molecule has 3 saturated heterocycles. The number of hydrogen-bond donors (Lipinski definition) is 2. The zero-order valence-corrected chi connectivity index (χ0v) is 24.9. The molecular weight excluding hydrogens is 540 g/mol. The number of amides is 3. The van der Waals surface area contributed by atoms with Crippen LogP contribution >= 0.6 is 11.6 Å². The van der Waals surface area contributed by atoms with E-state index in [1.165, 1.54) is 25.7 Å². The van der Waals surface area contributed by atoms with Gasteiger partial charge in [-0.05, 0) is 75.4 Å². The van der Waals surface area contributed by atoms with Crippen molar-refractivity contribution >= 4 is 35.0 Å². The lowest BCUT2D eigenvalue weighted by molar-refractivity contribution is -0.141.